The lowest BCUT2D eigenvalue weighted by Crippen LogP contribution is -2.38. The highest BCUT2D eigenvalue weighted by atomic mass is 127. The van der Waals surface area contributed by atoms with E-state index in [4.69, 9.17) is 0 Å². The van der Waals surface area contributed by atoms with Crippen LogP contribution in [0.5, 0.6) is 0 Å². The molecule has 0 aliphatic rings. The molecule has 94 valence electrons. The number of amides is 1. The molecule has 6 heteroatoms. The van der Waals surface area contributed by atoms with Crippen LogP contribution in [0.3, 0.4) is 0 Å². The van der Waals surface area contributed by atoms with E-state index in [9.17, 15) is 4.79 Å². The summed E-state index contributed by atoms with van der Waals surface area (Å²) in [6.45, 7) is 9.63. The first kappa shape index (κ1) is 17.6. The Morgan fingerprint density at radius 1 is 1.25 bits per heavy atom. The van der Waals surface area contributed by atoms with Crippen LogP contribution in [-0.2, 0) is 4.79 Å². The Balaban J connectivity index is 0. The van der Waals surface area contributed by atoms with Crippen molar-refractivity contribution in [3.8, 4) is 0 Å². The number of carbonyl (C=O) groups is 1. The number of rotatable bonds is 6. The quantitative estimate of drug-likeness (QED) is 0.285. The molecule has 0 aliphatic heterocycles. The number of hydrogen-bond acceptors (Lipinski definition) is 2. The minimum atomic E-state index is -0.108. The smallest absolute Gasteiger partial charge is 0.242 e. The summed E-state index contributed by atoms with van der Waals surface area (Å²) in [5.41, 5.74) is 0. The highest BCUT2D eigenvalue weighted by Crippen LogP contribution is 1.75. The average Bonchev–Trinajstić information content (AvgIpc) is 2.23. The maximum atomic E-state index is 11.2. The third-order valence-corrected chi connectivity index (χ3v) is 1.51. The van der Waals surface area contributed by atoms with Crippen molar-refractivity contribution in [1.82, 2.24) is 16.0 Å². The van der Waals surface area contributed by atoms with Gasteiger partial charge in [0.25, 0.3) is 0 Å². The fourth-order valence-electron chi connectivity index (χ4n) is 0.902. The minimum Gasteiger partial charge on any atom is -0.357 e. The molecule has 0 saturated carbocycles. The second kappa shape index (κ2) is 12.3. The van der Waals surface area contributed by atoms with Crippen LogP contribution < -0.4 is 16.0 Å². The van der Waals surface area contributed by atoms with E-state index in [1.807, 2.05) is 13.8 Å². The Hall–Kier alpha value is -0.790. The summed E-state index contributed by atoms with van der Waals surface area (Å²) in [5.74, 6) is 0.553. The zero-order chi connectivity index (χ0) is 11.5. The molecular formula is C10H21IN4O. The van der Waals surface area contributed by atoms with Gasteiger partial charge in [0.15, 0.2) is 5.96 Å². The molecule has 0 spiro atoms. The van der Waals surface area contributed by atoms with Crippen LogP contribution in [-0.4, -0.2) is 38.0 Å². The van der Waals surface area contributed by atoms with E-state index in [0.717, 1.165) is 13.1 Å². The van der Waals surface area contributed by atoms with Crippen LogP contribution in [0.1, 0.15) is 13.8 Å². The number of carbonyl (C=O) groups excluding carboxylic acids is 1. The second-order valence-corrected chi connectivity index (χ2v) is 2.82. The van der Waals surface area contributed by atoms with Gasteiger partial charge in [-0.15, -0.1) is 30.6 Å². The van der Waals surface area contributed by atoms with Gasteiger partial charge in [-0.25, -0.2) is 4.99 Å². The fourth-order valence-corrected chi connectivity index (χ4v) is 0.902. The average molecular weight is 340 g/mol. The SMILES string of the molecule is C=CCNC(=O)CN=C(NCC)NCC.I. The summed E-state index contributed by atoms with van der Waals surface area (Å²) in [4.78, 5) is 15.3. The number of guanidine groups is 1. The van der Waals surface area contributed by atoms with Gasteiger partial charge in [0.2, 0.25) is 5.91 Å². The molecule has 0 unspecified atom stereocenters. The van der Waals surface area contributed by atoms with Crippen LogP contribution in [0.25, 0.3) is 0 Å². The molecule has 1 amide bonds. The maximum absolute atomic E-state index is 11.2. The molecule has 0 fully saturated rings. The molecule has 3 N–H and O–H groups in total. The molecule has 5 nitrogen and oxygen atoms in total. The first-order chi connectivity index (χ1) is 7.24. The molecule has 0 rings (SSSR count). The van der Waals surface area contributed by atoms with E-state index < -0.39 is 0 Å². The van der Waals surface area contributed by atoms with E-state index in [1.165, 1.54) is 0 Å². The predicted molar refractivity (Wildman–Crippen MR) is 78.3 cm³/mol. The molecule has 0 aromatic heterocycles. The van der Waals surface area contributed by atoms with Gasteiger partial charge in [-0.05, 0) is 13.8 Å². The highest BCUT2D eigenvalue weighted by molar-refractivity contribution is 14.0. The molecule has 0 bridgehead atoms. The Morgan fingerprint density at radius 2 is 1.81 bits per heavy atom. The van der Waals surface area contributed by atoms with Crippen LogP contribution >= 0.6 is 24.0 Å². The topological polar surface area (TPSA) is 65.5 Å². The van der Waals surface area contributed by atoms with Crippen molar-refractivity contribution >= 4 is 35.8 Å². The number of hydrogen-bond donors (Lipinski definition) is 3. The Morgan fingerprint density at radius 3 is 2.25 bits per heavy atom. The zero-order valence-corrected chi connectivity index (χ0v) is 12.2. The van der Waals surface area contributed by atoms with E-state index in [1.54, 1.807) is 6.08 Å². The standard InChI is InChI=1S/C10H20N4O.HI/c1-4-7-13-9(15)8-14-10(11-5-2)12-6-3;/h4H,1,5-8H2,2-3H3,(H,13,15)(H2,11,12,14);1H. The second-order valence-electron chi connectivity index (χ2n) is 2.82. The van der Waals surface area contributed by atoms with Gasteiger partial charge in [-0.3, -0.25) is 4.79 Å². The van der Waals surface area contributed by atoms with Crippen molar-refractivity contribution in [2.75, 3.05) is 26.2 Å². The lowest BCUT2D eigenvalue weighted by molar-refractivity contribution is -0.119. The summed E-state index contributed by atoms with van der Waals surface area (Å²) in [7, 11) is 0. The normalized spacial score (nSPS) is 8.38. The molecule has 0 atom stereocenters. The fraction of sp³-hybridized carbons (Fsp3) is 0.600. The van der Waals surface area contributed by atoms with Crippen molar-refractivity contribution < 1.29 is 4.79 Å². The molecule has 16 heavy (non-hydrogen) atoms. The van der Waals surface area contributed by atoms with Gasteiger partial charge in [0, 0.05) is 19.6 Å². The van der Waals surface area contributed by atoms with E-state index in [2.05, 4.69) is 27.5 Å². The first-order valence-electron chi connectivity index (χ1n) is 5.14. The van der Waals surface area contributed by atoms with Gasteiger partial charge in [0.05, 0.1) is 0 Å². The van der Waals surface area contributed by atoms with E-state index >= 15 is 0 Å². The number of nitrogens with zero attached hydrogens (tertiary/aromatic N) is 1. The number of halogens is 1. The van der Waals surface area contributed by atoms with E-state index in [0.29, 0.717) is 12.5 Å². The minimum absolute atomic E-state index is 0. The number of nitrogens with one attached hydrogen (secondary N) is 3. The van der Waals surface area contributed by atoms with Crippen molar-refractivity contribution in [2.24, 2.45) is 4.99 Å². The monoisotopic (exact) mass is 340 g/mol. The van der Waals surface area contributed by atoms with Gasteiger partial charge in [-0.2, -0.15) is 0 Å². The van der Waals surface area contributed by atoms with Crippen LogP contribution in [0.15, 0.2) is 17.6 Å². The zero-order valence-electron chi connectivity index (χ0n) is 9.88. The lowest BCUT2D eigenvalue weighted by Gasteiger charge is -2.08. The van der Waals surface area contributed by atoms with Crippen molar-refractivity contribution in [1.29, 1.82) is 0 Å². The maximum Gasteiger partial charge on any atom is 0.242 e. The molecule has 0 heterocycles. The Labute approximate surface area is 114 Å². The first-order valence-corrected chi connectivity index (χ1v) is 5.14. The summed E-state index contributed by atoms with van der Waals surface area (Å²) in [5, 5.41) is 8.72. The van der Waals surface area contributed by atoms with Crippen LogP contribution in [0, 0.1) is 0 Å². The van der Waals surface area contributed by atoms with Crippen LogP contribution in [0.2, 0.25) is 0 Å². The molecule has 0 aromatic carbocycles. The third kappa shape index (κ3) is 9.75. The summed E-state index contributed by atoms with van der Waals surface area (Å²) >= 11 is 0. The largest absolute Gasteiger partial charge is 0.357 e. The molecule has 0 saturated heterocycles. The molecule has 0 aliphatic carbocycles. The Bertz CT molecular complexity index is 223. The summed E-state index contributed by atoms with van der Waals surface area (Å²) in [6.07, 6.45) is 1.64. The number of aliphatic imine (C=N–C) groups is 1. The van der Waals surface area contributed by atoms with Gasteiger partial charge >= 0.3 is 0 Å². The van der Waals surface area contributed by atoms with Crippen molar-refractivity contribution in [3.63, 3.8) is 0 Å². The summed E-state index contributed by atoms with van der Waals surface area (Å²) in [6, 6.07) is 0. The van der Waals surface area contributed by atoms with Gasteiger partial charge in [0.1, 0.15) is 6.54 Å². The third-order valence-electron chi connectivity index (χ3n) is 1.51. The van der Waals surface area contributed by atoms with Gasteiger partial charge in [-0.1, -0.05) is 6.08 Å². The van der Waals surface area contributed by atoms with Crippen LogP contribution in [0.4, 0.5) is 0 Å². The molecule has 0 radical (unpaired) electrons. The van der Waals surface area contributed by atoms with Crippen molar-refractivity contribution in [3.05, 3.63) is 12.7 Å². The highest BCUT2D eigenvalue weighted by Gasteiger charge is 1.99. The Kier molecular flexibility index (Phi) is 13.5. The van der Waals surface area contributed by atoms with E-state index in [-0.39, 0.29) is 36.4 Å². The summed E-state index contributed by atoms with van der Waals surface area (Å²) < 4.78 is 0. The lowest BCUT2D eigenvalue weighted by atomic mass is 10.5. The molecule has 0 aromatic rings. The van der Waals surface area contributed by atoms with Gasteiger partial charge < -0.3 is 16.0 Å². The molecular weight excluding hydrogens is 319 g/mol. The van der Waals surface area contributed by atoms with Crippen molar-refractivity contribution in [2.45, 2.75) is 13.8 Å². The predicted octanol–water partition coefficient (Wildman–Crippen LogP) is 0.482.